The molecule has 0 aromatic heterocycles. The van der Waals surface area contributed by atoms with E-state index in [1.165, 1.54) is 63.4 Å². The summed E-state index contributed by atoms with van der Waals surface area (Å²) in [5.74, 6) is 3.98. The number of aliphatic hydroxyl groups is 1. The summed E-state index contributed by atoms with van der Waals surface area (Å²) in [4.78, 5) is 0. The zero-order valence-electron chi connectivity index (χ0n) is 21.7. The van der Waals surface area contributed by atoms with Crippen LogP contribution in [0.3, 0.4) is 0 Å². The first-order valence-corrected chi connectivity index (χ1v) is 13.6. The molecule has 0 aliphatic heterocycles. The van der Waals surface area contributed by atoms with Crippen LogP contribution in [0.5, 0.6) is 0 Å². The van der Waals surface area contributed by atoms with Gasteiger partial charge in [-0.1, -0.05) is 53.7 Å². The first-order chi connectivity index (χ1) is 14.3. The summed E-state index contributed by atoms with van der Waals surface area (Å²) >= 11 is 0. The van der Waals surface area contributed by atoms with Crippen molar-refractivity contribution in [2.75, 3.05) is 0 Å². The SMILES string of the molecule is C=C(C)[C@@H]1CCC2(C)CC[C@]3(C)C(CCC4[C@@]5(C)CC[C@H](O)C(C)(C)C5CC[C@]43C)C12. The van der Waals surface area contributed by atoms with Gasteiger partial charge in [0.1, 0.15) is 0 Å². The lowest BCUT2D eigenvalue weighted by molar-refractivity contribution is -0.246. The fraction of sp³-hybridized carbons (Fsp3) is 0.933. The molecule has 176 valence electrons. The summed E-state index contributed by atoms with van der Waals surface area (Å²) in [6, 6.07) is 0. The lowest BCUT2D eigenvalue weighted by atomic mass is 9.32. The quantitative estimate of drug-likeness (QED) is 0.421. The minimum atomic E-state index is -0.118. The van der Waals surface area contributed by atoms with Crippen LogP contribution in [0.2, 0.25) is 0 Å². The molecule has 5 aliphatic rings. The summed E-state index contributed by atoms with van der Waals surface area (Å²) in [5.41, 5.74) is 3.38. The Morgan fingerprint density at radius 3 is 2.13 bits per heavy atom. The van der Waals surface area contributed by atoms with Gasteiger partial charge in [-0.25, -0.2) is 0 Å². The summed E-state index contributed by atoms with van der Waals surface area (Å²) in [6.07, 6.45) is 13.4. The Labute approximate surface area is 192 Å². The third-order valence-electron chi connectivity index (χ3n) is 13.5. The summed E-state index contributed by atoms with van der Waals surface area (Å²) < 4.78 is 0. The van der Waals surface area contributed by atoms with E-state index in [-0.39, 0.29) is 11.5 Å². The largest absolute Gasteiger partial charge is 0.393 e. The second-order valence-corrected chi connectivity index (χ2v) is 14.7. The van der Waals surface area contributed by atoms with Crippen LogP contribution in [0.1, 0.15) is 113 Å². The van der Waals surface area contributed by atoms with Crippen molar-refractivity contribution >= 4 is 0 Å². The van der Waals surface area contributed by atoms with Gasteiger partial charge in [-0.3, -0.25) is 0 Å². The van der Waals surface area contributed by atoms with E-state index in [0.717, 1.165) is 30.1 Å². The fourth-order valence-electron chi connectivity index (χ4n) is 11.5. The lowest BCUT2D eigenvalue weighted by Gasteiger charge is -2.73. The molecule has 31 heavy (non-hydrogen) atoms. The van der Waals surface area contributed by atoms with Gasteiger partial charge in [0.25, 0.3) is 0 Å². The average molecular weight is 427 g/mol. The number of aliphatic hydroxyl groups excluding tert-OH is 1. The number of rotatable bonds is 1. The normalized spacial score (nSPS) is 57.9. The van der Waals surface area contributed by atoms with Crippen molar-refractivity contribution in [2.24, 2.45) is 56.7 Å². The van der Waals surface area contributed by atoms with Gasteiger partial charge < -0.3 is 5.11 Å². The molecule has 0 bridgehead atoms. The van der Waals surface area contributed by atoms with E-state index in [4.69, 9.17) is 0 Å². The molecule has 0 saturated heterocycles. The molecule has 10 atom stereocenters. The van der Waals surface area contributed by atoms with Crippen LogP contribution in [-0.2, 0) is 0 Å². The number of fused-ring (bicyclic) bond motifs is 7. The topological polar surface area (TPSA) is 20.2 Å². The first-order valence-electron chi connectivity index (χ1n) is 13.6. The molecule has 5 unspecified atom stereocenters. The molecule has 0 spiro atoms. The highest BCUT2D eigenvalue weighted by Crippen LogP contribution is 2.77. The van der Waals surface area contributed by atoms with Crippen LogP contribution in [0.4, 0.5) is 0 Å². The Balaban J connectivity index is 1.54. The Bertz CT molecular complexity index is 766. The Kier molecular flexibility index (Phi) is 4.82. The van der Waals surface area contributed by atoms with E-state index in [1.54, 1.807) is 0 Å². The first kappa shape index (κ1) is 22.5. The highest BCUT2D eigenvalue weighted by atomic mass is 16.3. The van der Waals surface area contributed by atoms with E-state index in [2.05, 4.69) is 55.0 Å². The molecule has 5 rings (SSSR count). The molecular weight excluding hydrogens is 376 g/mol. The maximum absolute atomic E-state index is 10.9. The van der Waals surface area contributed by atoms with E-state index in [9.17, 15) is 5.11 Å². The number of allylic oxidation sites excluding steroid dienone is 1. The van der Waals surface area contributed by atoms with Gasteiger partial charge in [0.05, 0.1) is 6.10 Å². The van der Waals surface area contributed by atoms with Gasteiger partial charge >= 0.3 is 0 Å². The van der Waals surface area contributed by atoms with Crippen molar-refractivity contribution in [3.05, 3.63) is 12.2 Å². The molecule has 0 heterocycles. The average Bonchev–Trinajstić information content (AvgIpc) is 3.04. The Morgan fingerprint density at radius 1 is 0.742 bits per heavy atom. The Morgan fingerprint density at radius 2 is 1.45 bits per heavy atom. The molecule has 0 amide bonds. The molecule has 5 saturated carbocycles. The van der Waals surface area contributed by atoms with E-state index in [0.29, 0.717) is 27.6 Å². The molecular formula is C30H50O. The minimum absolute atomic E-state index is 0.0632. The highest BCUT2D eigenvalue weighted by Gasteiger charge is 2.70. The molecule has 1 N–H and O–H groups in total. The molecule has 1 heteroatoms. The zero-order valence-corrected chi connectivity index (χ0v) is 21.7. The van der Waals surface area contributed by atoms with E-state index >= 15 is 0 Å². The van der Waals surface area contributed by atoms with Gasteiger partial charge in [0.15, 0.2) is 0 Å². The summed E-state index contributed by atoms with van der Waals surface area (Å²) in [5, 5.41) is 10.9. The van der Waals surface area contributed by atoms with Crippen LogP contribution in [0, 0.1) is 56.7 Å². The predicted octanol–water partition coefficient (Wildman–Crippen LogP) is 8.02. The number of hydrogen-bond acceptors (Lipinski definition) is 1. The smallest absolute Gasteiger partial charge is 0.0594 e. The predicted molar refractivity (Wildman–Crippen MR) is 131 cm³/mol. The van der Waals surface area contributed by atoms with Gasteiger partial charge in [0.2, 0.25) is 0 Å². The maximum atomic E-state index is 10.9. The maximum Gasteiger partial charge on any atom is 0.0594 e. The van der Waals surface area contributed by atoms with Gasteiger partial charge in [0, 0.05) is 0 Å². The molecule has 5 aliphatic carbocycles. The van der Waals surface area contributed by atoms with Gasteiger partial charge in [-0.05, 0) is 128 Å². The van der Waals surface area contributed by atoms with Crippen LogP contribution in [0.15, 0.2) is 12.2 Å². The van der Waals surface area contributed by atoms with Crippen LogP contribution >= 0.6 is 0 Å². The van der Waals surface area contributed by atoms with Crippen molar-refractivity contribution in [1.82, 2.24) is 0 Å². The third-order valence-corrected chi connectivity index (χ3v) is 13.5. The Hall–Kier alpha value is -0.300. The monoisotopic (exact) mass is 426 g/mol. The fourth-order valence-corrected chi connectivity index (χ4v) is 11.5. The molecule has 0 aromatic rings. The van der Waals surface area contributed by atoms with Crippen molar-refractivity contribution in [3.8, 4) is 0 Å². The highest BCUT2D eigenvalue weighted by molar-refractivity contribution is 5.21. The van der Waals surface area contributed by atoms with Crippen molar-refractivity contribution in [3.63, 3.8) is 0 Å². The third kappa shape index (κ3) is 2.65. The van der Waals surface area contributed by atoms with Gasteiger partial charge in [-0.15, -0.1) is 0 Å². The molecule has 0 aromatic carbocycles. The summed E-state index contributed by atoms with van der Waals surface area (Å²) in [6.45, 7) is 22.3. The van der Waals surface area contributed by atoms with Crippen molar-refractivity contribution in [2.45, 2.75) is 119 Å². The van der Waals surface area contributed by atoms with Crippen molar-refractivity contribution in [1.29, 1.82) is 0 Å². The second kappa shape index (κ2) is 6.64. The number of hydrogen-bond donors (Lipinski definition) is 1. The molecule has 0 radical (unpaired) electrons. The van der Waals surface area contributed by atoms with E-state index in [1.807, 2.05) is 0 Å². The van der Waals surface area contributed by atoms with E-state index < -0.39 is 0 Å². The standard InChI is InChI=1S/C30H50O/c1-19(2)20-11-14-27(5)17-18-29(7)21(25(20)27)9-10-23-28(6)15-13-24(31)26(3,4)22(28)12-16-30(23,29)8/h20-25,31H,1,9-18H2,2-8H3/t20-,21?,22?,23?,24-,25?,27?,28-,29+,30+/m0/s1. The van der Waals surface area contributed by atoms with Crippen molar-refractivity contribution < 1.29 is 5.11 Å². The second-order valence-electron chi connectivity index (χ2n) is 14.7. The zero-order chi connectivity index (χ0) is 22.6. The van der Waals surface area contributed by atoms with Crippen LogP contribution in [0.25, 0.3) is 0 Å². The summed E-state index contributed by atoms with van der Waals surface area (Å²) in [7, 11) is 0. The van der Waals surface area contributed by atoms with Gasteiger partial charge in [-0.2, -0.15) is 0 Å². The van der Waals surface area contributed by atoms with Crippen LogP contribution in [-0.4, -0.2) is 11.2 Å². The lowest BCUT2D eigenvalue weighted by Crippen LogP contribution is -2.66. The molecule has 5 fully saturated rings. The molecule has 1 nitrogen and oxygen atoms in total. The van der Waals surface area contributed by atoms with Crippen LogP contribution < -0.4 is 0 Å². The minimum Gasteiger partial charge on any atom is -0.393 e.